The molecule has 0 bridgehead atoms. The Kier molecular flexibility index (Phi) is 4.24. The highest BCUT2D eigenvalue weighted by Crippen LogP contribution is 2.35. The molecule has 4 unspecified atom stereocenters. The molecule has 13 heavy (non-hydrogen) atoms. The van der Waals surface area contributed by atoms with Gasteiger partial charge in [0.1, 0.15) is 0 Å². The van der Waals surface area contributed by atoms with Gasteiger partial charge in [0.05, 0.1) is 6.10 Å². The third kappa shape index (κ3) is 3.68. The van der Waals surface area contributed by atoms with Crippen LogP contribution in [0.5, 0.6) is 0 Å². The van der Waals surface area contributed by atoms with Gasteiger partial charge < -0.3 is 5.11 Å². The van der Waals surface area contributed by atoms with Crippen molar-refractivity contribution in [3.63, 3.8) is 0 Å². The first-order valence-electron chi connectivity index (χ1n) is 5.77. The highest BCUT2D eigenvalue weighted by molar-refractivity contribution is 4.75. The van der Waals surface area contributed by atoms with Gasteiger partial charge in [-0.05, 0) is 37.5 Å². The first kappa shape index (κ1) is 11.0. The molecule has 1 fully saturated rings. The van der Waals surface area contributed by atoms with Gasteiger partial charge in [-0.1, -0.05) is 33.1 Å². The molecule has 1 N–H and O–H groups in total. The highest BCUT2D eigenvalue weighted by Gasteiger charge is 2.24. The molecule has 0 aromatic rings. The van der Waals surface area contributed by atoms with E-state index in [0.29, 0.717) is 5.92 Å². The SMILES string of the molecule is CC(O)CC(C)C1CCCC(C)C1. The van der Waals surface area contributed by atoms with E-state index in [9.17, 15) is 5.11 Å². The topological polar surface area (TPSA) is 20.2 Å². The maximum absolute atomic E-state index is 9.32. The van der Waals surface area contributed by atoms with Crippen LogP contribution in [0.25, 0.3) is 0 Å². The predicted octanol–water partition coefficient (Wildman–Crippen LogP) is 3.22. The number of aliphatic hydroxyl groups is 1. The largest absolute Gasteiger partial charge is 0.393 e. The van der Waals surface area contributed by atoms with Crippen LogP contribution in [0.1, 0.15) is 52.9 Å². The zero-order valence-electron chi connectivity index (χ0n) is 9.29. The molecule has 0 heterocycles. The second kappa shape index (κ2) is 4.99. The molecule has 0 amide bonds. The van der Waals surface area contributed by atoms with E-state index < -0.39 is 0 Å². The van der Waals surface area contributed by atoms with E-state index in [1.165, 1.54) is 25.7 Å². The van der Waals surface area contributed by atoms with Crippen LogP contribution in [0, 0.1) is 17.8 Å². The van der Waals surface area contributed by atoms with Gasteiger partial charge in [0.15, 0.2) is 0 Å². The van der Waals surface area contributed by atoms with Gasteiger partial charge in [0.2, 0.25) is 0 Å². The summed E-state index contributed by atoms with van der Waals surface area (Å²) in [5, 5.41) is 9.32. The lowest BCUT2D eigenvalue weighted by atomic mass is 9.75. The van der Waals surface area contributed by atoms with Crippen molar-refractivity contribution < 1.29 is 5.11 Å². The summed E-state index contributed by atoms with van der Waals surface area (Å²) >= 11 is 0. The van der Waals surface area contributed by atoms with Crippen LogP contribution in [0.4, 0.5) is 0 Å². The minimum Gasteiger partial charge on any atom is -0.393 e. The Balaban J connectivity index is 2.32. The van der Waals surface area contributed by atoms with Crippen molar-refractivity contribution in [3.05, 3.63) is 0 Å². The highest BCUT2D eigenvalue weighted by atomic mass is 16.3. The molecular weight excluding hydrogens is 160 g/mol. The number of aliphatic hydroxyl groups excluding tert-OH is 1. The van der Waals surface area contributed by atoms with Crippen LogP contribution >= 0.6 is 0 Å². The number of hydrogen-bond donors (Lipinski definition) is 1. The van der Waals surface area contributed by atoms with E-state index in [-0.39, 0.29) is 6.10 Å². The van der Waals surface area contributed by atoms with Gasteiger partial charge >= 0.3 is 0 Å². The third-order valence-corrected chi connectivity index (χ3v) is 3.49. The lowest BCUT2D eigenvalue weighted by Gasteiger charge is -2.31. The van der Waals surface area contributed by atoms with E-state index >= 15 is 0 Å². The van der Waals surface area contributed by atoms with Crippen LogP contribution < -0.4 is 0 Å². The van der Waals surface area contributed by atoms with Gasteiger partial charge in [-0.2, -0.15) is 0 Å². The molecule has 0 saturated heterocycles. The Hall–Kier alpha value is -0.0400. The van der Waals surface area contributed by atoms with Gasteiger partial charge in [0.25, 0.3) is 0 Å². The average molecular weight is 184 g/mol. The van der Waals surface area contributed by atoms with Gasteiger partial charge in [-0.15, -0.1) is 0 Å². The standard InChI is InChI=1S/C12H24O/c1-9-5-4-6-12(7-9)10(2)8-11(3)13/h9-13H,4-8H2,1-3H3. The summed E-state index contributed by atoms with van der Waals surface area (Å²) < 4.78 is 0. The summed E-state index contributed by atoms with van der Waals surface area (Å²) in [4.78, 5) is 0. The van der Waals surface area contributed by atoms with Crippen molar-refractivity contribution in [2.75, 3.05) is 0 Å². The summed E-state index contributed by atoms with van der Waals surface area (Å²) in [6.07, 6.45) is 6.45. The molecule has 78 valence electrons. The Labute approximate surface area is 82.5 Å². The van der Waals surface area contributed by atoms with Crippen molar-refractivity contribution in [1.29, 1.82) is 0 Å². The number of hydrogen-bond acceptors (Lipinski definition) is 1. The third-order valence-electron chi connectivity index (χ3n) is 3.49. The van der Waals surface area contributed by atoms with E-state index in [1.807, 2.05) is 6.92 Å². The predicted molar refractivity (Wildman–Crippen MR) is 56.6 cm³/mol. The molecule has 1 nitrogen and oxygen atoms in total. The number of rotatable bonds is 3. The average Bonchev–Trinajstić information content (AvgIpc) is 2.03. The Morgan fingerprint density at radius 1 is 1.31 bits per heavy atom. The molecule has 0 aliphatic heterocycles. The fourth-order valence-corrected chi connectivity index (χ4v) is 2.73. The molecule has 1 rings (SSSR count). The maximum atomic E-state index is 9.32. The molecule has 1 aliphatic carbocycles. The van der Waals surface area contributed by atoms with Crippen LogP contribution in [0.3, 0.4) is 0 Å². The van der Waals surface area contributed by atoms with Crippen molar-refractivity contribution >= 4 is 0 Å². The molecule has 4 atom stereocenters. The molecule has 1 heteroatoms. The normalized spacial score (nSPS) is 34.2. The molecular formula is C12H24O. The zero-order chi connectivity index (χ0) is 9.84. The fourth-order valence-electron chi connectivity index (χ4n) is 2.73. The maximum Gasteiger partial charge on any atom is 0.0514 e. The molecule has 0 aromatic heterocycles. The second-order valence-corrected chi connectivity index (χ2v) is 5.09. The molecule has 0 aromatic carbocycles. The van der Waals surface area contributed by atoms with Crippen LogP contribution in [-0.2, 0) is 0 Å². The molecule has 0 radical (unpaired) electrons. The van der Waals surface area contributed by atoms with E-state index in [0.717, 1.165) is 18.3 Å². The van der Waals surface area contributed by atoms with E-state index in [1.54, 1.807) is 0 Å². The first-order chi connectivity index (χ1) is 6.09. The first-order valence-corrected chi connectivity index (χ1v) is 5.77. The Morgan fingerprint density at radius 2 is 2.00 bits per heavy atom. The van der Waals surface area contributed by atoms with Gasteiger partial charge in [-0.3, -0.25) is 0 Å². The van der Waals surface area contributed by atoms with Gasteiger partial charge in [0, 0.05) is 0 Å². The lowest BCUT2D eigenvalue weighted by molar-refractivity contribution is 0.124. The Morgan fingerprint density at radius 3 is 2.54 bits per heavy atom. The Bertz CT molecular complexity index is 142. The summed E-state index contributed by atoms with van der Waals surface area (Å²) in [6, 6.07) is 0. The van der Waals surface area contributed by atoms with Crippen molar-refractivity contribution in [2.24, 2.45) is 17.8 Å². The smallest absolute Gasteiger partial charge is 0.0514 e. The van der Waals surface area contributed by atoms with Crippen LogP contribution in [0.2, 0.25) is 0 Å². The quantitative estimate of drug-likeness (QED) is 0.714. The van der Waals surface area contributed by atoms with E-state index in [2.05, 4.69) is 13.8 Å². The minimum absolute atomic E-state index is 0.118. The molecule has 0 spiro atoms. The minimum atomic E-state index is -0.118. The fraction of sp³-hybridized carbons (Fsp3) is 1.00. The molecule has 1 aliphatic rings. The summed E-state index contributed by atoms with van der Waals surface area (Å²) in [6.45, 7) is 6.57. The molecule has 1 saturated carbocycles. The summed E-state index contributed by atoms with van der Waals surface area (Å²) in [5.74, 6) is 2.50. The second-order valence-electron chi connectivity index (χ2n) is 5.09. The van der Waals surface area contributed by atoms with E-state index in [4.69, 9.17) is 0 Å². The monoisotopic (exact) mass is 184 g/mol. The van der Waals surface area contributed by atoms with Crippen LogP contribution in [-0.4, -0.2) is 11.2 Å². The lowest BCUT2D eigenvalue weighted by Crippen LogP contribution is -2.22. The van der Waals surface area contributed by atoms with Crippen LogP contribution in [0.15, 0.2) is 0 Å². The van der Waals surface area contributed by atoms with Crippen molar-refractivity contribution in [2.45, 2.75) is 59.0 Å². The summed E-state index contributed by atoms with van der Waals surface area (Å²) in [5.41, 5.74) is 0. The zero-order valence-corrected chi connectivity index (χ0v) is 9.29. The van der Waals surface area contributed by atoms with Crippen molar-refractivity contribution in [3.8, 4) is 0 Å². The van der Waals surface area contributed by atoms with Crippen molar-refractivity contribution in [1.82, 2.24) is 0 Å². The summed E-state index contributed by atoms with van der Waals surface area (Å²) in [7, 11) is 0. The van der Waals surface area contributed by atoms with Gasteiger partial charge in [-0.25, -0.2) is 0 Å².